The zero-order valence-corrected chi connectivity index (χ0v) is 13.5. The van der Waals surface area contributed by atoms with E-state index in [1.165, 1.54) is 5.56 Å². The lowest BCUT2D eigenvalue weighted by atomic mass is 9.79. The predicted octanol–water partition coefficient (Wildman–Crippen LogP) is 2.14. The summed E-state index contributed by atoms with van der Waals surface area (Å²) in [6.07, 6.45) is 2.28. The van der Waals surface area contributed by atoms with Crippen molar-refractivity contribution < 1.29 is 9.47 Å². The Balaban J connectivity index is 1.93. The lowest BCUT2D eigenvalue weighted by Crippen LogP contribution is -2.45. The zero-order chi connectivity index (χ0) is 15.1. The Morgan fingerprint density at radius 1 is 1.24 bits per heavy atom. The molecule has 0 amide bonds. The maximum Gasteiger partial charge on any atom is 0.118 e. The summed E-state index contributed by atoms with van der Waals surface area (Å²) in [5, 5.41) is 3.36. The molecule has 0 atom stereocenters. The molecule has 1 saturated heterocycles. The quantitative estimate of drug-likeness (QED) is 0.835. The summed E-state index contributed by atoms with van der Waals surface area (Å²) in [6, 6.07) is 8.34. The summed E-state index contributed by atoms with van der Waals surface area (Å²) in [7, 11) is 5.95. The van der Waals surface area contributed by atoms with E-state index in [1.54, 1.807) is 7.11 Å². The Labute approximate surface area is 128 Å². The fourth-order valence-electron chi connectivity index (χ4n) is 3.24. The number of hydrogen-bond acceptors (Lipinski definition) is 4. The molecule has 118 valence electrons. The van der Waals surface area contributed by atoms with Crippen molar-refractivity contribution in [2.24, 2.45) is 5.41 Å². The second-order valence-electron chi connectivity index (χ2n) is 6.16. The molecule has 0 aliphatic carbocycles. The molecule has 1 aliphatic rings. The fourth-order valence-corrected chi connectivity index (χ4v) is 3.24. The predicted molar refractivity (Wildman–Crippen MR) is 85.7 cm³/mol. The van der Waals surface area contributed by atoms with Crippen LogP contribution in [0.15, 0.2) is 24.3 Å². The molecule has 4 nitrogen and oxygen atoms in total. The van der Waals surface area contributed by atoms with Crippen LogP contribution in [0.25, 0.3) is 0 Å². The van der Waals surface area contributed by atoms with Crippen LogP contribution in [0.5, 0.6) is 5.75 Å². The van der Waals surface area contributed by atoms with Crippen molar-refractivity contribution in [1.82, 2.24) is 10.2 Å². The van der Waals surface area contributed by atoms with E-state index < -0.39 is 0 Å². The maximum atomic E-state index is 5.54. The van der Waals surface area contributed by atoms with Crippen LogP contribution in [0.1, 0.15) is 18.4 Å². The van der Waals surface area contributed by atoms with E-state index in [0.29, 0.717) is 5.41 Å². The molecule has 0 saturated carbocycles. The smallest absolute Gasteiger partial charge is 0.118 e. The van der Waals surface area contributed by atoms with E-state index in [-0.39, 0.29) is 0 Å². The maximum absolute atomic E-state index is 5.54. The van der Waals surface area contributed by atoms with Crippen molar-refractivity contribution >= 4 is 0 Å². The molecular weight excluding hydrogens is 264 g/mol. The van der Waals surface area contributed by atoms with Gasteiger partial charge in [-0.1, -0.05) is 12.1 Å². The summed E-state index contributed by atoms with van der Waals surface area (Å²) >= 11 is 0. The van der Waals surface area contributed by atoms with E-state index in [2.05, 4.69) is 29.4 Å². The normalized spacial score (nSPS) is 17.9. The first-order valence-corrected chi connectivity index (χ1v) is 7.71. The zero-order valence-electron chi connectivity index (χ0n) is 13.5. The van der Waals surface area contributed by atoms with Crippen LogP contribution in [0.2, 0.25) is 0 Å². The first kappa shape index (κ1) is 16.3. The molecule has 1 N–H and O–H groups in total. The Morgan fingerprint density at radius 3 is 2.48 bits per heavy atom. The lowest BCUT2D eigenvalue weighted by molar-refractivity contribution is -0.000736. The highest BCUT2D eigenvalue weighted by Crippen LogP contribution is 2.31. The van der Waals surface area contributed by atoms with Crippen molar-refractivity contribution in [3.8, 4) is 5.75 Å². The molecule has 4 heteroatoms. The van der Waals surface area contributed by atoms with Gasteiger partial charge in [0.15, 0.2) is 0 Å². The van der Waals surface area contributed by atoms with Gasteiger partial charge in [-0.3, -0.25) is 0 Å². The van der Waals surface area contributed by atoms with Crippen molar-refractivity contribution in [3.05, 3.63) is 29.8 Å². The Hall–Kier alpha value is -1.10. The highest BCUT2D eigenvalue weighted by Gasteiger charge is 2.33. The third-order valence-electron chi connectivity index (χ3n) is 4.32. The van der Waals surface area contributed by atoms with E-state index in [1.807, 2.05) is 19.2 Å². The molecule has 0 radical (unpaired) electrons. The molecule has 1 aromatic rings. The molecule has 1 heterocycles. The summed E-state index contributed by atoms with van der Waals surface area (Å²) in [6.45, 7) is 4.90. The van der Waals surface area contributed by atoms with Crippen LogP contribution < -0.4 is 10.1 Å². The monoisotopic (exact) mass is 292 g/mol. The first-order chi connectivity index (χ1) is 10.2. The molecule has 1 fully saturated rings. The number of rotatable bonds is 7. The SMILES string of the molecule is CNCC1(CN(C)Cc2ccc(OC)cc2)CCOCC1. The number of benzene rings is 1. The second kappa shape index (κ2) is 7.78. The van der Waals surface area contributed by atoms with Gasteiger partial charge in [0.05, 0.1) is 7.11 Å². The highest BCUT2D eigenvalue weighted by molar-refractivity contribution is 5.27. The number of ether oxygens (including phenoxy) is 2. The Bertz CT molecular complexity index is 408. The second-order valence-corrected chi connectivity index (χ2v) is 6.16. The van der Waals surface area contributed by atoms with Crippen molar-refractivity contribution in [1.29, 1.82) is 0 Å². The molecule has 1 aliphatic heterocycles. The fraction of sp³-hybridized carbons (Fsp3) is 0.647. The molecule has 1 aromatic carbocycles. The summed E-state index contributed by atoms with van der Waals surface area (Å²) in [5.74, 6) is 0.914. The van der Waals surface area contributed by atoms with Crippen LogP contribution in [0.4, 0.5) is 0 Å². The summed E-state index contributed by atoms with van der Waals surface area (Å²) in [5.41, 5.74) is 1.67. The van der Waals surface area contributed by atoms with Gasteiger partial charge in [-0.15, -0.1) is 0 Å². The van der Waals surface area contributed by atoms with Crippen LogP contribution in [0.3, 0.4) is 0 Å². The third kappa shape index (κ3) is 4.70. The average molecular weight is 292 g/mol. The van der Waals surface area contributed by atoms with E-state index in [0.717, 1.165) is 51.4 Å². The van der Waals surface area contributed by atoms with Gasteiger partial charge in [0, 0.05) is 32.8 Å². The molecule has 0 unspecified atom stereocenters. The molecule has 2 rings (SSSR count). The van der Waals surface area contributed by atoms with Gasteiger partial charge in [0.1, 0.15) is 5.75 Å². The Kier molecular flexibility index (Phi) is 6.03. The number of nitrogens with zero attached hydrogens (tertiary/aromatic N) is 1. The minimum atomic E-state index is 0.341. The van der Waals surface area contributed by atoms with Crippen molar-refractivity contribution in [2.75, 3.05) is 47.5 Å². The molecule has 0 spiro atoms. The minimum Gasteiger partial charge on any atom is -0.497 e. The molecular formula is C17H28N2O2. The highest BCUT2D eigenvalue weighted by atomic mass is 16.5. The summed E-state index contributed by atoms with van der Waals surface area (Å²) < 4.78 is 10.7. The van der Waals surface area contributed by atoms with Crippen LogP contribution in [0, 0.1) is 5.41 Å². The van der Waals surface area contributed by atoms with Crippen molar-refractivity contribution in [2.45, 2.75) is 19.4 Å². The number of methoxy groups -OCH3 is 1. The standard InChI is InChI=1S/C17H28N2O2/c1-18-13-17(8-10-21-11-9-17)14-19(2)12-15-4-6-16(20-3)7-5-15/h4-7,18H,8-14H2,1-3H3. The molecule has 0 aromatic heterocycles. The van der Waals surface area contributed by atoms with Gasteiger partial charge in [-0.25, -0.2) is 0 Å². The van der Waals surface area contributed by atoms with Crippen LogP contribution >= 0.6 is 0 Å². The van der Waals surface area contributed by atoms with Gasteiger partial charge in [-0.2, -0.15) is 0 Å². The van der Waals surface area contributed by atoms with E-state index in [9.17, 15) is 0 Å². The molecule has 21 heavy (non-hydrogen) atoms. The third-order valence-corrected chi connectivity index (χ3v) is 4.32. The van der Waals surface area contributed by atoms with Crippen molar-refractivity contribution in [3.63, 3.8) is 0 Å². The van der Waals surface area contributed by atoms with Gasteiger partial charge < -0.3 is 19.7 Å². The molecule has 0 bridgehead atoms. The number of hydrogen-bond donors (Lipinski definition) is 1. The summed E-state index contributed by atoms with van der Waals surface area (Å²) in [4.78, 5) is 2.42. The topological polar surface area (TPSA) is 33.7 Å². The van der Waals surface area contributed by atoms with E-state index in [4.69, 9.17) is 9.47 Å². The van der Waals surface area contributed by atoms with Crippen LogP contribution in [-0.2, 0) is 11.3 Å². The number of nitrogens with one attached hydrogen (secondary N) is 1. The largest absolute Gasteiger partial charge is 0.497 e. The van der Waals surface area contributed by atoms with Gasteiger partial charge >= 0.3 is 0 Å². The van der Waals surface area contributed by atoms with Gasteiger partial charge in [0.25, 0.3) is 0 Å². The van der Waals surface area contributed by atoms with Crippen LogP contribution in [-0.4, -0.2) is 52.4 Å². The Morgan fingerprint density at radius 2 is 1.90 bits per heavy atom. The average Bonchev–Trinajstić information content (AvgIpc) is 2.49. The van der Waals surface area contributed by atoms with Gasteiger partial charge in [-0.05, 0) is 50.0 Å². The first-order valence-electron chi connectivity index (χ1n) is 7.71. The van der Waals surface area contributed by atoms with Gasteiger partial charge in [0.2, 0.25) is 0 Å². The van der Waals surface area contributed by atoms with E-state index >= 15 is 0 Å². The lowest BCUT2D eigenvalue weighted by Gasteiger charge is -2.40. The minimum absolute atomic E-state index is 0.341.